The molecule has 1 aliphatic heterocycles. The molecule has 1 amide bonds. The summed E-state index contributed by atoms with van der Waals surface area (Å²) >= 11 is 0. The monoisotopic (exact) mass is 159 g/mol. The summed E-state index contributed by atoms with van der Waals surface area (Å²) in [5.74, 6) is -1.14. The van der Waals surface area contributed by atoms with E-state index in [2.05, 4.69) is 9.47 Å². The summed E-state index contributed by atoms with van der Waals surface area (Å²) in [5.41, 5.74) is 4.85. The summed E-state index contributed by atoms with van der Waals surface area (Å²) < 4.78 is 9.22. The molecule has 1 aliphatic rings. The van der Waals surface area contributed by atoms with Crippen LogP contribution in [0.3, 0.4) is 0 Å². The van der Waals surface area contributed by atoms with Crippen molar-refractivity contribution < 1.29 is 19.1 Å². The van der Waals surface area contributed by atoms with Crippen LogP contribution in [0.5, 0.6) is 0 Å². The van der Waals surface area contributed by atoms with Crippen LogP contribution in [0.2, 0.25) is 0 Å². The Kier molecular flexibility index (Phi) is 2.09. The Labute approximate surface area is 63.4 Å². The summed E-state index contributed by atoms with van der Waals surface area (Å²) in [7, 11) is 0. The maximum Gasteiger partial charge on any atom is 0.338 e. The molecule has 1 rings (SSSR count). The Hall–Kier alpha value is -1.10. The SMILES string of the molecule is CCOC(=O)C1OC1C(N)=O. The number of carbonyl (C=O) groups excluding carboxylic acids is 2. The van der Waals surface area contributed by atoms with Crippen LogP contribution in [0.4, 0.5) is 0 Å². The van der Waals surface area contributed by atoms with Gasteiger partial charge in [0.2, 0.25) is 5.91 Å². The van der Waals surface area contributed by atoms with E-state index in [0.29, 0.717) is 0 Å². The van der Waals surface area contributed by atoms with Crippen LogP contribution in [0, 0.1) is 0 Å². The first-order valence-corrected chi connectivity index (χ1v) is 3.28. The molecule has 0 saturated carbocycles. The van der Waals surface area contributed by atoms with Gasteiger partial charge in [-0.15, -0.1) is 0 Å². The standard InChI is InChI=1S/C6H9NO4/c1-2-10-6(9)4-3(11-4)5(7)8/h3-4H,2H2,1H3,(H2,7,8). The summed E-state index contributed by atoms with van der Waals surface area (Å²) in [6.07, 6.45) is -1.53. The predicted octanol–water partition coefficient (Wildman–Crippen LogP) is -1.20. The van der Waals surface area contributed by atoms with Gasteiger partial charge in [-0.1, -0.05) is 0 Å². The fraction of sp³-hybridized carbons (Fsp3) is 0.667. The summed E-state index contributed by atoms with van der Waals surface area (Å²) in [4.78, 5) is 21.1. The normalized spacial score (nSPS) is 27.7. The van der Waals surface area contributed by atoms with Crippen molar-refractivity contribution in [3.63, 3.8) is 0 Å². The second kappa shape index (κ2) is 2.87. The molecule has 0 aliphatic carbocycles. The van der Waals surface area contributed by atoms with Crippen molar-refractivity contribution in [1.29, 1.82) is 0 Å². The van der Waals surface area contributed by atoms with Crippen molar-refractivity contribution in [2.75, 3.05) is 6.61 Å². The van der Waals surface area contributed by atoms with Gasteiger partial charge in [0.05, 0.1) is 6.61 Å². The first kappa shape index (κ1) is 8.00. The fourth-order valence-electron chi connectivity index (χ4n) is 0.732. The van der Waals surface area contributed by atoms with Gasteiger partial charge in [0.15, 0.2) is 12.2 Å². The molecule has 1 heterocycles. The van der Waals surface area contributed by atoms with E-state index >= 15 is 0 Å². The summed E-state index contributed by atoms with van der Waals surface area (Å²) in [6.45, 7) is 1.96. The minimum Gasteiger partial charge on any atom is -0.464 e. The number of amides is 1. The van der Waals surface area contributed by atoms with Crippen molar-refractivity contribution in [3.05, 3.63) is 0 Å². The first-order valence-electron chi connectivity index (χ1n) is 3.28. The number of ether oxygens (including phenoxy) is 2. The van der Waals surface area contributed by atoms with Gasteiger partial charge >= 0.3 is 5.97 Å². The largest absolute Gasteiger partial charge is 0.464 e. The molecule has 0 aromatic heterocycles. The van der Waals surface area contributed by atoms with Gasteiger partial charge in [-0.05, 0) is 6.92 Å². The van der Waals surface area contributed by atoms with Crippen LogP contribution < -0.4 is 5.73 Å². The molecule has 5 heteroatoms. The quantitative estimate of drug-likeness (QED) is 0.414. The number of carbonyl (C=O) groups is 2. The number of primary amides is 1. The number of epoxide rings is 1. The second-order valence-electron chi connectivity index (χ2n) is 2.13. The highest BCUT2D eigenvalue weighted by atomic mass is 16.6. The highest BCUT2D eigenvalue weighted by Crippen LogP contribution is 2.22. The molecular weight excluding hydrogens is 150 g/mol. The van der Waals surface area contributed by atoms with Gasteiger partial charge in [-0.25, -0.2) is 4.79 Å². The molecular formula is C6H9NO4. The molecule has 5 nitrogen and oxygen atoms in total. The van der Waals surface area contributed by atoms with Gasteiger partial charge in [-0.3, -0.25) is 4.79 Å². The lowest BCUT2D eigenvalue weighted by Gasteiger charge is -1.94. The number of esters is 1. The molecule has 2 unspecified atom stereocenters. The molecule has 1 saturated heterocycles. The van der Waals surface area contributed by atoms with Gasteiger partial charge in [0.1, 0.15) is 0 Å². The van der Waals surface area contributed by atoms with Crippen LogP contribution in [-0.4, -0.2) is 30.7 Å². The third kappa shape index (κ3) is 1.68. The van der Waals surface area contributed by atoms with Crippen LogP contribution in [0.15, 0.2) is 0 Å². The molecule has 62 valence electrons. The van der Waals surface area contributed by atoms with E-state index in [4.69, 9.17) is 5.73 Å². The van der Waals surface area contributed by atoms with Gasteiger partial charge in [0, 0.05) is 0 Å². The zero-order valence-electron chi connectivity index (χ0n) is 6.07. The molecule has 2 N–H and O–H groups in total. The highest BCUT2D eigenvalue weighted by molar-refractivity contribution is 5.91. The Bertz CT molecular complexity index is 191. The van der Waals surface area contributed by atoms with E-state index in [1.165, 1.54) is 0 Å². The molecule has 11 heavy (non-hydrogen) atoms. The van der Waals surface area contributed by atoms with E-state index in [9.17, 15) is 9.59 Å². The maximum absolute atomic E-state index is 10.8. The molecule has 0 bridgehead atoms. The van der Waals surface area contributed by atoms with Crippen molar-refractivity contribution in [3.8, 4) is 0 Å². The maximum atomic E-state index is 10.8. The van der Waals surface area contributed by atoms with Crippen molar-refractivity contribution in [2.45, 2.75) is 19.1 Å². The third-order valence-corrected chi connectivity index (χ3v) is 1.29. The summed E-state index contributed by atoms with van der Waals surface area (Å²) in [5, 5.41) is 0. The zero-order valence-corrected chi connectivity index (χ0v) is 6.07. The summed E-state index contributed by atoms with van der Waals surface area (Å²) in [6, 6.07) is 0. The lowest BCUT2D eigenvalue weighted by atomic mass is 10.3. The predicted molar refractivity (Wildman–Crippen MR) is 34.5 cm³/mol. The minimum absolute atomic E-state index is 0.282. The Balaban J connectivity index is 2.32. The number of rotatable bonds is 3. The second-order valence-corrected chi connectivity index (χ2v) is 2.13. The average Bonchev–Trinajstić information content (AvgIpc) is 2.65. The van der Waals surface area contributed by atoms with E-state index in [1.54, 1.807) is 6.92 Å². The Morgan fingerprint density at radius 3 is 2.55 bits per heavy atom. The van der Waals surface area contributed by atoms with E-state index < -0.39 is 24.1 Å². The van der Waals surface area contributed by atoms with E-state index in [-0.39, 0.29) is 6.61 Å². The molecule has 0 aromatic rings. The zero-order chi connectivity index (χ0) is 8.43. The Morgan fingerprint density at radius 2 is 2.18 bits per heavy atom. The topological polar surface area (TPSA) is 81.9 Å². The van der Waals surface area contributed by atoms with Crippen LogP contribution in [0.1, 0.15) is 6.92 Å². The fourth-order valence-corrected chi connectivity index (χ4v) is 0.732. The van der Waals surface area contributed by atoms with Gasteiger partial charge in [-0.2, -0.15) is 0 Å². The smallest absolute Gasteiger partial charge is 0.338 e. The highest BCUT2D eigenvalue weighted by Gasteiger charge is 2.50. The minimum atomic E-state index is -0.769. The number of nitrogens with two attached hydrogens (primary N) is 1. The van der Waals surface area contributed by atoms with Crippen molar-refractivity contribution in [2.24, 2.45) is 5.73 Å². The van der Waals surface area contributed by atoms with Crippen molar-refractivity contribution >= 4 is 11.9 Å². The van der Waals surface area contributed by atoms with Crippen LogP contribution in [-0.2, 0) is 19.1 Å². The average molecular weight is 159 g/mol. The van der Waals surface area contributed by atoms with Gasteiger partial charge in [0.25, 0.3) is 0 Å². The van der Waals surface area contributed by atoms with Crippen LogP contribution in [0.25, 0.3) is 0 Å². The number of hydrogen-bond donors (Lipinski definition) is 1. The van der Waals surface area contributed by atoms with Crippen LogP contribution >= 0.6 is 0 Å². The first-order chi connectivity index (χ1) is 5.16. The van der Waals surface area contributed by atoms with E-state index in [0.717, 1.165) is 0 Å². The lowest BCUT2D eigenvalue weighted by Crippen LogP contribution is -2.24. The molecule has 2 atom stereocenters. The number of hydrogen-bond acceptors (Lipinski definition) is 4. The van der Waals surface area contributed by atoms with Gasteiger partial charge < -0.3 is 15.2 Å². The molecule has 0 spiro atoms. The lowest BCUT2D eigenvalue weighted by molar-refractivity contribution is -0.144. The Morgan fingerprint density at radius 1 is 1.55 bits per heavy atom. The molecule has 1 fully saturated rings. The molecule has 0 aromatic carbocycles. The van der Waals surface area contributed by atoms with E-state index in [1.807, 2.05) is 0 Å². The third-order valence-electron chi connectivity index (χ3n) is 1.29. The molecule has 0 radical (unpaired) electrons. The van der Waals surface area contributed by atoms with Crippen molar-refractivity contribution in [1.82, 2.24) is 0 Å².